The van der Waals surface area contributed by atoms with Gasteiger partial charge in [-0.3, -0.25) is 9.59 Å². The average molecular weight is 368 g/mol. The summed E-state index contributed by atoms with van der Waals surface area (Å²) in [6.45, 7) is 1.12. The van der Waals surface area contributed by atoms with Crippen molar-refractivity contribution in [2.75, 3.05) is 13.1 Å². The fourth-order valence-electron chi connectivity index (χ4n) is 2.84. The number of amides is 1. The summed E-state index contributed by atoms with van der Waals surface area (Å²) in [5, 5.41) is 0. The summed E-state index contributed by atoms with van der Waals surface area (Å²) in [6, 6.07) is 10.9. The molecule has 0 N–H and O–H groups in total. The summed E-state index contributed by atoms with van der Waals surface area (Å²) in [4.78, 5) is 26.7. The molecule has 0 aliphatic carbocycles. The number of nitrogens with zero attached hydrogens (tertiary/aromatic N) is 1. The van der Waals surface area contributed by atoms with Crippen molar-refractivity contribution in [2.45, 2.75) is 12.8 Å². The molecule has 2 aromatic rings. The first kappa shape index (κ1) is 16.5. The van der Waals surface area contributed by atoms with Crippen molar-refractivity contribution < 1.29 is 9.59 Å². The van der Waals surface area contributed by atoms with Crippen molar-refractivity contribution in [3.8, 4) is 0 Å². The van der Waals surface area contributed by atoms with Crippen LogP contribution in [-0.4, -0.2) is 29.7 Å². The van der Waals surface area contributed by atoms with Crippen molar-refractivity contribution >= 4 is 46.2 Å². The Balaban J connectivity index is 1.63. The molecule has 0 bridgehead atoms. The molecular weight excluding hydrogens is 353 g/mol. The molecule has 1 amide bonds. The molecule has 3 rings (SSSR count). The van der Waals surface area contributed by atoms with Crippen molar-refractivity contribution in [1.29, 1.82) is 0 Å². The molecule has 23 heavy (non-hydrogen) atoms. The van der Waals surface area contributed by atoms with E-state index >= 15 is 0 Å². The monoisotopic (exact) mass is 367 g/mol. The van der Waals surface area contributed by atoms with E-state index in [-0.39, 0.29) is 17.6 Å². The predicted octanol–water partition coefficient (Wildman–Crippen LogP) is 4.79. The third-order valence-electron chi connectivity index (χ3n) is 4.10. The van der Waals surface area contributed by atoms with Crippen molar-refractivity contribution in [2.24, 2.45) is 5.92 Å². The van der Waals surface area contributed by atoms with Crippen LogP contribution in [0.15, 0.2) is 36.4 Å². The minimum atomic E-state index is -0.108. The van der Waals surface area contributed by atoms with Gasteiger partial charge >= 0.3 is 0 Å². The molecule has 0 spiro atoms. The number of benzene rings is 1. The Morgan fingerprint density at radius 3 is 2.30 bits per heavy atom. The zero-order valence-electron chi connectivity index (χ0n) is 12.3. The summed E-state index contributed by atoms with van der Waals surface area (Å²) in [5.74, 6) is 0.0288. The molecule has 0 saturated carbocycles. The van der Waals surface area contributed by atoms with Gasteiger partial charge in [0.15, 0.2) is 5.78 Å². The van der Waals surface area contributed by atoms with Crippen LogP contribution in [0.3, 0.4) is 0 Å². The Kier molecular flexibility index (Phi) is 5.05. The summed E-state index contributed by atoms with van der Waals surface area (Å²) in [5.41, 5.74) is 1.19. The molecule has 1 aromatic heterocycles. The number of carbonyl (C=O) groups excluding carboxylic acids is 2. The second-order valence-corrected chi connectivity index (χ2v) is 7.82. The Labute approximate surface area is 148 Å². The van der Waals surface area contributed by atoms with Gasteiger partial charge in [0.05, 0.1) is 9.90 Å². The third kappa shape index (κ3) is 3.60. The lowest BCUT2D eigenvalue weighted by atomic mass is 9.89. The number of rotatable bonds is 3. The quantitative estimate of drug-likeness (QED) is 0.731. The minimum Gasteiger partial charge on any atom is -0.339 e. The van der Waals surface area contributed by atoms with Gasteiger partial charge in [-0.05, 0) is 18.9 Å². The van der Waals surface area contributed by atoms with E-state index in [4.69, 9.17) is 23.2 Å². The van der Waals surface area contributed by atoms with Crippen LogP contribution in [0.2, 0.25) is 8.67 Å². The van der Waals surface area contributed by atoms with E-state index < -0.39 is 0 Å². The van der Waals surface area contributed by atoms with E-state index in [2.05, 4.69) is 0 Å². The van der Waals surface area contributed by atoms with E-state index in [9.17, 15) is 9.59 Å². The highest BCUT2D eigenvalue weighted by Crippen LogP contribution is 2.33. The van der Waals surface area contributed by atoms with Crippen LogP contribution in [0.5, 0.6) is 0 Å². The Hall–Kier alpha value is -1.36. The van der Waals surface area contributed by atoms with Crippen LogP contribution in [0.1, 0.15) is 33.6 Å². The number of hydrogen-bond donors (Lipinski definition) is 0. The molecule has 0 unspecified atom stereocenters. The second-order valence-electron chi connectivity index (χ2n) is 5.53. The van der Waals surface area contributed by atoms with Crippen LogP contribution in [0.4, 0.5) is 0 Å². The lowest BCUT2D eigenvalue weighted by Crippen LogP contribution is -2.40. The summed E-state index contributed by atoms with van der Waals surface area (Å²) in [6.07, 6.45) is 1.35. The molecule has 0 radical (unpaired) electrons. The zero-order chi connectivity index (χ0) is 16.4. The Morgan fingerprint density at radius 1 is 1.09 bits per heavy atom. The van der Waals surface area contributed by atoms with Gasteiger partial charge in [0.1, 0.15) is 4.34 Å². The molecule has 1 fully saturated rings. The summed E-state index contributed by atoms with van der Waals surface area (Å²) >= 11 is 13.1. The molecule has 1 saturated heterocycles. The molecule has 6 heteroatoms. The van der Waals surface area contributed by atoms with Crippen LogP contribution >= 0.6 is 34.5 Å². The summed E-state index contributed by atoms with van der Waals surface area (Å²) in [7, 11) is 0. The van der Waals surface area contributed by atoms with Gasteiger partial charge in [0, 0.05) is 24.6 Å². The number of piperidine rings is 1. The zero-order valence-corrected chi connectivity index (χ0v) is 14.6. The number of hydrogen-bond acceptors (Lipinski definition) is 3. The third-order valence-corrected chi connectivity index (χ3v) is 5.59. The van der Waals surface area contributed by atoms with Gasteiger partial charge in [-0.1, -0.05) is 53.5 Å². The molecule has 3 nitrogen and oxygen atoms in total. The fourth-order valence-corrected chi connectivity index (χ4v) is 4.29. The van der Waals surface area contributed by atoms with Crippen molar-refractivity contribution in [3.63, 3.8) is 0 Å². The Bertz CT molecular complexity index is 721. The first-order valence-electron chi connectivity index (χ1n) is 7.39. The van der Waals surface area contributed by atoms with Gasteiger partial charge < -0.3 is 4.90 Å². The van der Waals surface area contributed by atoms with E-state index in [1.807, 2.05) is 30.3 Å². The lowest BCUT2D eigenvalue weighted by Gasteiger charge is -2.31. The maximum atomic E-state index is 12.5. The number of thiophene rings is 1. The van der Waals surface area contributed by atoms with Crippen LogP contribution in [-0.2, 0) is 0 Å². The largest absolute Gasteiger partial charge is 0.339 e. The number of carbonyl (C=O) groups is 2. The molecule has 2 heterocycles. The normalized spacial score (nSPS) is 15.7. The average Bonchev–Trinajstić information content (AvgIpc) is 2.93. The maximum Gasteiger partial charge on any atom is 0.256 e. The van der Waals surface area contributed by atoms with E-state index in [0.29, 0.717) is 40.2 Å². The van der Waals surface area contributed by atoms with Crippen LogP contribution in [0.25, 0.3) is 0 Å². The lowest BCUT2D eigenvalue weighted by molar-refractivity contribution is 0.0651. The minimum absolute atomic E-state index is 0.0250. The van der Waals surface area contributed by atoms with Gasteiger partial charge in [-0.15, -0.1) is 11.3 Å². The van der Waals surface area contributed by atoms with Gasteiger partial charge in [-0.2, -0.15) is 0 Å². The molecule has 1 aliphatic heterocycles. The number of Topliss-reactive ketones (excluding diaryl/α,β-unsaturated/α-hetero) is 1. The molecule has 1 aromatic carbocycles. The van der Waals surface area contributed by atoms with Crippen LogP contribution < -0.4 is 0 Å². The number of likely N-dealkylation sites (tertiary alicyclic amines) is 1. The Morgan fingerprint density at radius 2 is 1.74 bits per heavy atom. The predicted molar refractivity (Wildman–Crippen MR) is 93.7 cm³/mol. The van der Waals surface area contributed by atoms with E-state index in [1.54, 1.807) is 11.0 Å². The molecule has 0 atom stereocenters. The van der Waals surface area contributed by atoms with Crippen LogP contribution in [0, 0.1) is 5.92 Å². The van der Waals surface area contributed by atoms with E-state index in [1.165, 1.54) is 11.3 Å². The van der Waals surface area contributed by atoms with Gasteiger partial charge in [0.2, 0.25) is 0 Å². The van der Waals surface area contributed by atoms with E-state index in [0.717, 1.165) is 5.56 Å². The second kappa shape index (κ2) is 7.04. The number of halogens is 2. The highest BCUT2D eigenvalue weighted by Gasteiger charge is 2.29. The van der Waals surface area contributed by atoms with Gasteiger partial charge in [-0.25, -0.2) is 0 Å². The highest BCUT2D eigenvalue weighted by atomic mass is 35.5. The SMILES string of the molecule is O=C(c1ccccc1)C1CCN(C(=O)c2cc(Cl)sc2Cl)CC1. The van der Waals surface area contributed by atoms with Crippen molar-refractivity contribution in [1.82, 2.24) is 4.90 Å². The van der Waals surface area contributed by atoms with Gasteiger partial charge in [0.25, 0.3) is 5.91 Å². The van der Waals surface area contributed by atoms with Crippen molar-refractivity contribution in [3.05, 3.63) is 56.2 Å². The smallest absolute Gasteiger partial charge is 0.256 e. The summed E-state index contributed by atoms with van der Waals surface area (Å²) < 4.78 is 0.926. The first-order chi connectivity index (χ1) is 11.1. The molecule has 1 aliphatic rings. The highest BCUT2D eigenvalue weighted by molar-refractivity contribution is 7.20. The standard InChI is InChI=1S/C17H15Cl2NO2S/c18-14-10-13(16(19)23-14)17(22)20-8-6-12(7-9-20)15(21)11-4-2-1-3-5-11/h1-5,10,12H,6-9H2. The maximum absolute atomic E-state index is 12.5. The number of ketones is 1. The fraction of sp³-hybridized carbons (Fsp3) is 0.294. The topological polar surface area (TPSA) is 37.4 Å². The first-order valence-corrected chi connectivity index (χ1v) is 8.97. The molecule has 120 valence electrons. The molecular formula is C17H15Cl2NO2S.